The maximum atomic E-state index is 9.76. The Hall–Kier alpha value is -1.45. The first-order chi connectivity index (χ1) is 9.83. The van der Waals surface area contributed by atoms with Crippen LogP contribution in [0, 0.1) is 0 Å². The fourth-order valence-electron chi connectivity index (χ4n) is 3.25. The smallest absolute Gasteiger partial charge is 0.0613 e. The van der Waals surface area contributed by atoms with Crippen molar-refractivity contribution >= 4 is 10.8 Å². The number of benzene rings is 1. The van der Waals surface area contributed by atoms with Crippen LogP contribution in [-0.2, 0) is 6.54 Å². The van der Waals surface area contributed by atoms with Crippen molar-refractivity contribution in [2.45, 2.75) is 44.2 Å². The maximum absolute atomic E-state index is 9.76. The van der Waals surface area contributed by atoms with E-state index in [1.165, 1.54) is 35.6 Å². The molecule has 1 saturated carbocycles. The molecule has 1 aromatic carbocycles. The van der Waals surface area contributed by atoms with Crippen LogP contribution < -0.4 is 5.32 Å². The highest BCUT2D eigenvalue weighted by Crippen LogP contribution is 2.28. The summed E-state index contributed by atoms with van der Waals surface area (Å²) in [5, 5.41) is 15.8. The quantitative estimate of drug-likeness (QED) is 0.897. The summed E-state index contributed by atoms with van der Waals surface area (Å²) in [6.07, 6.45) is 9.63. The third kappa shape index (κ3) is 2.69. The van der Waals surface area contributed by atoms with Gasteiger partial charge in [0.2, 0.25) is 0 Å². The second-order valence-electron chi connectivity index (χ2n) is 5.87. The minimum absolute atomic E-state index is 0.0759. The van der Waals surface area contributed by atoms with Crippen LogP contribution in [0.5, 0.6) is 0 Å². The van der Waals surface area contributed by atoms with E-state index >= 15 is 0 Å². The highest BCUT2D eigenvalue weighted by atomic mass is 16.3. The molecule has 2 aromatic rings. The fourth-order valence-corrected chi connectivity index (χ4v) is 3.25. The van der Waals surface area contributed by atoms with Gasteiger partial charge in [-0.2, -0.15) is 0 Å². The predicted molar refractivity (Wildman–Crippen MR) is 81.5 cm³/mol. The Bertz CT molecular complexity index is 571. The number of nitrogens with zero attached hydrogens (tertiary/aromatic N) is 1. The van der Waals surface area contributed by atoms with Crippen LogP contribution in [-0.4, -0.2) is 22.2 Å². The highest BCUT2D eigenvalue weighted by molar-refractivity contribution is 5.84. The summed E-state index contributed by atoms with van der Waals surface area (Å²) in [4.78, 5) is 4.17. The molecule has 0 amide bonds. The molecule has 0 spiro atoms. The lowest BCUT2D eigenvalue weighted by Gasteiger charge is -2.37. The first-order valence-electron chi connectivity index (χ1n) is 7.51. The third-order valence-corrected chi connectivity index (χ3v) is 4.54. The van der Waals surface area contributed by atoms with E-state index in [0.717, 1.165) is 19.4 Å². The molecule has 0 unspecified atom stereocenters. The van der Waals surface area contributed by atoms with Gasteiger partial charge in [-0.25, -0.2) is 0 Å². The van der Waals surface area contributed by atoms with Gasteiger partial charge in [-0.15, -0.1) is 0 Å². The molecule has 2 N–H and O–H groups in total. The van der Waals surface area contributed by atoms with Crippen LogP contribution in [0.1, 0.15) is 37.7 Å². The van der Waals surface area contributed by atoms with Gasteiger partial charge >= 0.3 is 0 Å². The highest BCUT2D eigenvalue weighted by Gasteiger charge is 2.30. The van der Waals surface area contributed by atoms with Crippen molar-refractivity contribution in [2.24, 2.45) is 0 Å². The van der Waals surface area contributed by atoms with Gasteiger partial charge in [0.25, 0.3) is 0 Å². The molecule has 1 heterocycles. The lowest BCUT2D eigenvalue weighted by Crippen LogP contribution is -2.49. The lowest BCUT2D eigenvalue weighted by molar-refractivity contribution is 0.119. The minimum Gasteiger partial charge on any atom is -0.394 e. The number of rotatable bonds is 4. The summed E-state index contributed by atoms with van der Waals surface area (Å²) in [6, 6.07) is 8.39. The number of aliphatic hydroxyl groups is 1. The Morgan fingerprint density at radius 1 is 1.15 bits per heavy atom. The number of aliphatic hydroxyl groups excluding tert-OH is 1. The first kappa shape index (κ1) is 13.5. The zero-order chi connectivity index (χ0) is 13.8. The minimum atomic E-state index is -0.0759. The SMILES string of the molecule is OCC1(NCc2cccc3cnccc23)CCCCC1. The van der Waals surface area contributed by atoms with Crippen LogP contribution in [0.25, 0.3) is 10.8 Å². The van der Waals surface area contributed by atoms with Crippen molar-refractivity contribution in [3.05, 3.63) is 42.2 Å². The van der Waals surface area contributed by atoms with Gasteiger partial charge in [0, 0.05) is 29.9 Å². The van der Waals surface area contributed by atoms with Gasteiger partial charge in [-0.05, 0) is 29.9 Å². The topological polar surface area (TPSA) is 45.1 Å². The van der Waals surface area contributed by atoms with Crippen LogP contribution in [0.15, 0.2) is 36.7 Å². The lowest BCUT2D eigenvalue weighted by atomic mass is 9.82. The van der Waals surface area contributed by atoms with Crippen molar-refractivity contribution < 1.29 is 5.11 Å². The van der Waals surface area contributed by atoms with Gasteiger partial charge in [0.1, 0.15) is 0 Å². The third-order valence-electron chi connectivity index (χ3n) is 4.54. The van der Waals surface area contributed by atoms with E-state index in [-0.39, 0.29) is 12.1 Å². The molecular formula is C17H22N2O. The zero-order valence-electron chi connectivity index (χ0n) is 11.8. The van der Waals surface area contributed by atoms with Crippen molar-refractivity contribution in [1.29, 1.82) is 0 Å². The van der Waals surface area contributed by atoms with Crippen LogP contribution in [0.2, 0.25) is 0 Å². The molecule has 0 saturated heterocycles. The Morgan fingerprint density at radius 2 is 2.00 bits per heavy atom. The Balaban J connectivity index is 1.79. The average Bonchev–Trinajstić information content (AvgIpc) is 2.54. The van der Waals surface area contributed by atoms with E-state index in [9.17, 15) is 5.11 Å². The van der Waals surface area contributed by atoms with E-state index in [1.807, 2.05) is 12.4 Å². The number of pyridine rings is 1. The molecule has 20 heavy (non-hydrogen) atoms. The molecule has 3 heteroatoms. The molecule has 0 atom stereocenters. The summed E-state index contributed by atoms with van der Waals surface area (Å²) >= 11 is 0. The van der Waals surface area contributed by atoms with E-state index in [2.05, 4.69) is 34.6 Å². The Kier molecular flexibility index (Phi) is 3.99. The van der Waals surface area contributed by atoms with E-state index in [4.69, 9.17) is 0 Å². The molecule has 1 fully saturated rings. The van der Waals surface area contributed by atoms with Crippen LogP contribution in [0.3, 0.4) is 0 Å². The van der Waals surface area contributed by atoms with Gasteiger partial charge in [-0.3, -0.25) is 4.98 Å². The summed E-state index contributed by atoms with van der Waals surface area (Å²) in [6.45, 7) is 1.04. The van der Waals surface area contributed by atoms with E-state index in [1.54, 1.807) is 0 Å². The van der Waals surface area contributed by atoms with E-state index in [0.29, 0.717) is 0 Å². The monoisotopic (exact) mass is 270 g/mol. The molecule has 3 rings (SSSR count). The number of aromatic nitrogens is 1. The molecule has 106 valence electrons. The standard InChI is InChI=1S/C17H22N2O/c20-13-17(8-2-1-3-9-17)19-12-15-6-4-5-14-11-18-10-7-16(14)15/h4-7,10-11,19-20H,1-3,8-9,12-13H2. The molecular weight excluding hydrogens is 248 g/mol. The number of nitrogens with one attached hydrogen (secondary N) is 1. The average molecular weight is 270 g/mol. The van der Waals surface area contributed by atoms with Crippen LogP contribution >= 0.6 is 0 Å². The van der Waals surface area contributed by atoms with Gasteiger partial charge in [0.05, 0.1) is 6.61 Å². The summed E-state index contributed by atoms with van der Waals surface area (Å²) < 4.78 is 0. The Labute approximate surface area is 120 Å². The van der Waals surface area contributed by atoms with E-state index < -0.39 is 0 Å². The Morgan fingerprint density at radius 3 is 2.80 bits per heavy atom. The van der Waals surface area contributed by atoms with Gasteiger partial charge in [0.15, 0.2) is 0 Å². The van der Waals surface area contributed by atoms with Gasteiger partial charge in [-0.1, -0.05) is 37.5 Å². The molecule has 1 aliphatic rings. The largest absolute Gasteiger partial charge is 0.394 e. The number of fused-ring (bicyclic) bond motifs is 1. The fraction of sp³-hybridized carbons (Fsp3) is 0.471. The van der Waals surface area contributed by atoms with Crippen molar-refractivity contribution in [1.82, 2.24) is 10.3 Å². The molecule has 0 aliphatic heterocycles. The first-order valence-corrected chi connectivity index (χ1v) is 7.51. The molecule has 1 aliphatic carbocycles. The predicted octanol–water partition coefficient (Wildman–Crippen LogP) is 3.02. The normalized spacial score (nSPS) is 18.2. The molecule has 1 aromatic heterocycles. The van der Waals surface area contributed by atoms with Crippen molar-refractivity contribution in [3.63, 3.8) is 0 Å². The zero-order valence-corrected chi connectivity index (χ0v) is 11.8. The summed E-state index contributed by atoms with van der Waals surface area (Å²) in [5.41, 5.74) is 1.20. The summed E-state index contributed by atoms with van der Waals surface area (Å²) in [5.74, 6) is 0. The van der Waals surface area contributed by atoms with Gasteiger partial charge < -0.3 is 10.4 Å². The molecule has 0 radical (unpaired) electrons. The number of hydrogen-bond donors (Lipinski definition) is 2. The second-order valence-corrected chi connectivity index (χ2v) is 5.87. The van der Waals surface area contributed by atoms with Crippen molar-refractivity contribution in [3.8, 4) is 0 Å². The van der Waals surface area contributed by atoms with Crippen molar-refractivity contribution in [2.75, 3.05) is 6.61 Å². The number of hydrogen-bond acceptors (Lipinski definition) is 3. The summed E-state index contributed by atoms with van der Waals surface area (Å²) in [7, 11) is 0. The molecule has 0 bridgehead atoms. The molecule has 3 nitrogen and oxygen atoms in total. The maximum Gasteiger partial charge on any atom is 0.0613 e. The van der Waals surface area contributed by atoms with Crippen LogP contribution in [0.4, 0.5) is 0 Å². The second kappa shape index (κ2) is 5.90.